The largest absolute Gasteiger partial charge is 0.435 e. The van der Waals surface area contributed by atoms with E-state index >= 15 is 0 Å². The normalized spacial score (nSPS) is 15.2. The fraction of sp³-hybridized carbons (Fsp3) is 0.0625. The van der Waals surface area contributed by atoms with Crippen molar-refractivity contribution in [2.75, 3.05) is 5.32 Å². The van der Waals surface area contributed by atoms with Crippen LogP contribution in [0.15, 0.2) is 57.1 Å². The number of benzene rings is 2. The molecular formula is C16H10BrF2N3O2. The first-order valence-corrected chi connectivity index (χ1v) is 7.59. The van der Waals surface area contributed by atoms with Crippen LogP contribution in [0.5, 0.6) is 5.75 Å². The van der Waals surface area contributed by atoms with Crippen molar-refractivity contribution in [1.82, 2.24) is 0 Å². The number of ether oxygens (including phenoxy) is 1. The van der Waals surface area contributed by atoms with Gasteiger partial charge in [0.2, 0.25) is 0 Å². The molecule has 2 aromatic carbocycles. The lowest BCUT2D eigenvalue weighted by Gasteiger charge is -2.03. The molecule has 8 heteroatoms. The third-order valence-electron chi connectivity index (χ3n) is 3.17. The van der Waals surface area contributed by atoms with Crippen LogP contribution in [-0.2, 0) is 4.79 Å². The molecule has 122 valence electrons. The first kappa shape index (κ1) is 16.3. The fourth-order valence-electron chi connectivity index (χ4n) is 2.11. The highest BCUT2D eigenvalue weighted by Crippen LogP contribution is 2.26. The van der Waals surface area contributed by atoms with Gasteiger partial charge in [0.25, 0.3) is 5.91 Å². The number of amides is 1. The number of anilines is 1. The Kier molecular flexibility index (Phi) is 4.66. The third-order valence-corrected chi connectivity index (χ3v) is 3.66. The summed E-state index contributed by atoms with van der Waals surface area (Å²) in [7, 11) is 0. The number of nitrogens with zero attached hydrogens (tertiary/aromatic N) is 2. The Morgan fingerprint density at radius 1 is 1.17 bits per heavy atom. The van der Waals surface area contributed by atoms with Crippen LogP contribution in [0.3, 0.4) is 0 Å². The molecule has 0 saturated carbocycles. The Labute approximate surface area is 144 Å². The maximum Gasteiger partial charge on any atom is 0.387 e. The van der Waals surface area contributed by atoms with Crippen LogP contribution in [0.4, 0.5) is 14.5 Å². The van der Waals surface area contributed by atoms with E-state index in [1.54, 1.807) is 24.3 Å². The molecule has 0 spiro atoms. The van der Waals surface area contributed by atoms with E-state index in [-0.39, 0.29) is 17.4 Å². The Hall–Kier alpha value is -2.61. The molecule has 0 unspecified atom stereocenters. The standard InChI is InChI=1S/C16H10BrF2N3O2/c17-10-3-6-13-12(7-10)14(15(23)21-13)22-20-8-9-1-4-11(5-2-9)24-16(18)19/h1-8,16H,(H,21,22,23)/b20-8+. The molecule has 1 heterocycles. The van der Waals surface area contributed by atoms with Gasteiger partial charge in [0.15, 0.2) is 5.71 Å². The summed E-state index contributed by atoms with van der Waals surface area (Å²) in [6.45, 7) is -2.86. The van der Waals surface area contributed by atoms with E-state index in [0.717, 1.165) is 4.47 Å². The van der Waals surface area contributed by atoms with Gasteiger partial charge in [-0.2, -0.15) is 13.9 Å². The lowest BCUT2D eigenvalue weighted by molar-refractivity contribution is -0.110. The van der Waals surface area contributed by atoms with Crippen LogP contribution in [-0.4, -0.2) is 24.4 Å². The zero-order chi connectivity index (χ0) is 17.1. The van der Waals surface area contributed by atoms with Gasteiger partial charge in [-0.1, -0.05) is 15.9 Å². The molecule has 24 heavy (non-hydrogen) atoms. The second kappa shape index (κ2) is 6.88. The predicted molar refractivity (Wildman–Crippen MR) is 90.0 cm³/mol. The van der Waals surface area contributed by atoms with Gasteiger partial charge in [-0.3, -0.25) is 4.79 Å². The first-order chi connectivity index (χ1) is 11.5. The monoisotopic (exact) mass is 393 g/mol. The quantitative estimate of drug-likeness (QED) is 0.633. The molecule has 0 atom stereocenters. The van der Waals surface area contributed by atoms with E-state index in [0.29, 0.717) is 16.8 Å². The van der Waals surface area contributed by atoms with Crippen molar-refractivity contribution >= 4 is 39.5 Å². The number of rotatable bonds is 4. The fourth-order valence-corrected chi connectivity index (χ4v) is 2.47. The minimum atomic E-state index is -2.86. The van der Waals surface area contributed by atoms with Crippen LogP contribution in [0, 0.1) is 0 Å². The zero-order valence-corrected chi connectivity index (χ0v) is 13.6. The summed E-state index contributed by atoms with van der Waals surface area (Å²) in [6, 6.07) is 11.3. The molecule has 1 N–H and O–H groups in total. The van der Waals surface area contributed by atoms with Crippen molar-refractivity contribution in [2.24, 2.45) is 10.2 Å². The van der Waals surface area contributed by atoms with Crippen molar-refractivity contribution in [2.45, 2.75) is 6.61 Å². The summed E-state index contributed by atoms with van der Waals surface area (Å²) in [5, 5.41) is 10.5. The molecule has 0 saturated heterocycles. The van der Waals surface area contributed by atoms with Gasteiger partial charge < -0.3 is 10.1 Å². The number of fused-ring (bicyclic) bond motifs is 1. The molecule has 0 bridgehead atoms. The summed E-state index contributed by atoms with van der Waals surface area (Å²) in [6.07, 6.45) is 1.42. The summed E-state index contributed by atoms with van der Waals surface area (Å²) in [4.78, 5) is 11.9. The van der Waals surface area contributed by atoms with Crippen LogP contribution in [0.2, 0.25) is 0 Å². The molecule has 1 aliphatic heterocycles. The summed E-state index contributed by atoms with van der Waals surface area (Å²) in [5.74, 6) is -0.275. The number of carbonyl (C=O) groups is 1. The number of hydrogen-bond donors (Lipinski definition) is 1. The highest BCUT2D eigenvalue weighted by molar-refractivity contribution is 9.10. The van der Waals surface area contributed by atoms with Crippen molar-refractivity contribution in [1.29, 1.82) is 0 Å². The highest BCUT2D eigenvalue weighted by atomic mass is 79.9. The van der Waals surface area contributed by atoms with Gasteiger partial charge in [-0.05, 0) is 48.0 Å². The lowest BCUT2D eigenvalue weighted by Crippen LogP contribution is -2.13. The third kappa shape index (κ3) is 3.65. The Morgan fingerprint density at radius 2 is 1.92 bits per heavy atom. The summed E-state index contributed by atoms with van der Waals surface area (Å²) >= 11 is 3.34. The molecule has 0 aromatic heterocycles. The molecule has 1 amide bonds. The minimum Gasteiger partial charge on any atom is -0.435 e. The van der Waals surface area contributed by atoms with Gasteiger partial charge in [0, 0.05) is 10.0 Å². The van der Waals surface area contributed by atoms with E-state index in [2.05, 4.69) is 36.2 Å². The summed E-state index contributed by atoms with van der Waals surface area (Å²) in [5.41, 5.74) is 2.17. The van der Waals surface area contributed by atoms with Crippen molar-refractivity contribution in [3.05, 3.63) is 58.1 Å². The number of carbonyl (C=O) groups excluding carboxylic acids is 1. The van der Waals surface area contributed by atoms with Gasteiger partial charge >= 0.3 is 6.61 Å². The van der Waals surface area contributed by atoms with Crippen molar-refractivity contribution in [3.63, 3.8) is 0 Å². The number of nitrogens with one attached hydrogen (secondary N) is 1. The zero-order valence-electron chi connectivity index (χ0n) is 12.0. The SMILES string of the molecule is O=C1Nc2ccc(Br)cc2/C1=N/N=C/c1ccc(OC(F)F)cc1. The van der Waals surface area contributed by atoms with Gasteiger partial charge in [-0.15, -0.1) is 5.10 Å². The van der Waals surface area contributed by atoms with Crippen LogP contribution in [0.25, 0.3) is 0 Å². The van der Waals surface area contributed by atoms with Crippen molar-refractivity contribution < 1.29 is 18.3 Å². The molecule has 3 rings (SSSR count). The maximum atomic E-state index is 12.1. The second-order valence-electron chi connectivity index (χ2n) is 4.78. The minimum absolute atomic E-state index is 0.0578. The average Bonchev–Trinajstić information content (AvgIpc) is 2.84. The number of alkyl halides is 2. The number of hydrogen-bond acceptors (Lipinski definition) is 4. The van der Waals surface area contributed by atoms with E-state index < -0.39 is 6.61 Å². The molecule has 0 fully saturated rings. The van der Waals surface area contributed by atoms with Crippen LogP contribution in [0.1, 0.15) is 11.1 Å². The maximum absolute atomic E-state index is 12.1. The van der Waals surface area contributed by atoms with E-state index in [1.165, 1.54) is 18.3 Å². The topological polar surface area (TPSA) is 63.0 Å². The van der Waals surface area contributed by atoms with Crippen molar-refractivity contribution in [3.8, 4) is 5.75 Å². The smallest absolute Gasteiger partial charge is 0.387 e. The Balaban J connectivity index is 1.77. The average molecular weight is 394 g/mol. The first-order valence-electron chi connectivity index (χ1n) is 6.80. The highest BCUT2D eigenvalue weighted by Gasteiger charge is 2.26. The second-order valence-corrected chi connectivity index (χ2v) is 5.70. The van der Waals surface area contributed by atoms with Crippen LogP contribution < -0.4 is 10.1 Å². The molecular weight excluding hydrogens is 384 g/mol. The van der Waals surface area contributed by atoms with Gasteiger partial charge in [-0.25, -0.2) is 0 Å². The van der Waals surface area contributed by atoms with Crippen LogP contribution >= 0.6 is 15.9 Å². The molecule has 0 aliphatic carbocycles. The summed E-state index contributed by atoms with van der Waals surface area (Å²) < 4.78 is 29.2. The molecule has 1 aliphatic rings. The van der Waals surface area contributed by atoms with E-state index in [9.17, 15) is 13.6 Å². The Morgan fingerprint density at radius 3 is 2.62 bits per heavy atom. The molecule has 2 aromatic rings. The number of halogens is 3. The predicted octanol–water partition coefficient (Wildman–Crippen LogP) is 3.83. The van der Waals surface area contributed by atoms with Gasteiger partial charge in [0.1, 0.15) is 5.75 Å². The molecule has 0 radical (unpaired) electrons. The lowest BCUT2D eigenvalue weighted by atomic mass is 10.1. The molecule has 5 nitrogen and oxygen atoms in total. The van der Waals surface area contributed by atoms with E-state index in [1.807, 2.05) is 6.07 Å². The Bertz CT molecular complexity index is 836. The van der Waals surface area contributed by atoms with Gasteiger partial charge in [0.05, 0.1) is 11.9 Å². The van der Waals surface area contributed by atoms with E-state index in [4.69, 9.17) is 0 Å².